The SMILES string of the molecule is CC1(N2CC3(CCCC3)NCC2c2ccccc2)CC1. The Morgan fingerprint density at radius 1 is 1.05 bits per heavy atom. The molecule has 1 saturated heterocycles. The van der Waals surface area contributed by atoms with Gasteiger partial charge in [0.15, 0.2) is 0 Å². The van der Waals surface area contributed by atoms with Crippen molar-refractivity contribution in [2.24, 2.45) is 0 Å². The van der Waals surface area contributed by atoms with E-state index in [1.54, 1.807) is 0 Å². The van der Waals surface area contributed by atoms with Gasteiger partial charge in [-0.2, -0.15) is 0 Å². The summed E-state index contributed by atoms with van der Waals surface area (Å²) < 4.78 is 0. The van der Waals surface area contributed by atoms with Crippen molar-refractivity contribution in [2.45, 2.75) is 62.6 Å². The third kappa shape index (κ3) is 2.10. The Kier molecular flexibility index (Phi) is 2.94. The van der Waals surface area contributed by atoms with E-state index in [0.717, 1.165) is 6.54 Å². The van der Waals surface area contributed by atoms with Crippen molar-refractivity contribution in [3.63, 3.8) is 0 Å². The van der Waals surface area contributed by atoms with E-state index in [4.69, 9.17) is 0 Å². The molecular formula is C18H26N2. The molecule has 1 atom stereocenters. The number of hydrogen-bond acceptors (Lipinski definition) is 2. The fourth-order valence-electron chi connectivity index (χ4n) is 4.31. The summed E-state index contributed by atoms with van der Waals surface area (Å²) in [5.74, 6) is 0. The molecule has 3 aliphatic rings. The molecule has 0 bridgehead atoms. The molecule has 0 amide bonds. The van der Waals surface area contributed by atoms with E-state index < -0.39 is 0 Å². The third-order valence-corrected chi connectivity index (χ3v) is 5.93. The molecule has 1 aromatic carbocycles. The lowest BCUT2D eigenvalue weighted by atomic mass is 9.88. The van der Waals surface area contributed by atoms with Gasteiger partial charge in [-0.05, 0) is 38.2 Å². The van der Waals surface area contributed by atoms with Gasteiger partial charge in [0, 0.05) is 30.2 Å². The lowest BCUT2D eigenvalue weighted by molar-refractivity contribution is 0.0371. The normalized spacial score (nSPS) is 31.6. The van der Waals surface area contributed by atoms with Crippen LogP contribution in [0.4, 0.5) is 0 Å². The van der Waals surface area contributed by atoms with Crippen molar-refractivity contribution in [1.82, 2.24) is 10.2 Å². The van der Waals surface area contributed by atoms with E-state index in [0.29, 0.717) is 17.1 Å². The van der Waals surface area contributed by atoms with Gasteiger partial charge in [0.1, 0.15) is 0 Å². The van der Waals surface area contributed by atoms with Crippen LogP contribution >= 0.6 is 0 Å². The molecule has 1 aliphatic heterocycles. The van der Waals surface area contributed by atoms with Crippen molar-refractivity contribution < 1.29 is 0 Å². The number of nitrogens with one attached hydrogen (secondary N) is 1. The van der Waals surface area contributed by atoms with Crippen LogP contribution in [-0.4, -0.2) is 29.1 Å². The minimum absolute atomic E-state index is 0.427. The van der Waals surface area contributed by atoms with Gasteiger partial charge in [0.2, 0.25) is 0 Å². The Hall–Kier alpha value is -0.860. The Labute approximate surface area is 122 Å². The lowest BCUT2D eigenvalue weighted by Crippen LogP contribution is -2.62. The number of rotatable bonds is 2. The molecule has 2 aliphatic carbocycles. The second-order valence-corrected chi connectivity index (χ2v) is 7.42. The van der Waals surface area contributed by atoms with Crippen molar-refractivity contribution in [1.29, 1.82) is 0 Å². The molecule has 1 aromatic rings. The van der Waals surface area contributed by atoms with Crippen LogP contribution in [-0.2, 0) is 0 Å². The summed E-state index contributed by atoms with van der Waals surface area (Å²) >= 11 is 0. The largest absolute Gasteiger partial charge is 0.308 e. The summed E-state index contributed by atoms with van der Waals surface area (Å²) in [4.78, 5) is 2.84. The molecule has 20 heavy (non-hydrogen) atoms. The molecule has 0 aromatic heterocycles. The van der Waals surface area contributed by atoms with Crippen LogP contribution in [0.3, 0.4) is 0 Å². The van der Waals surface area contributed by atoms with Crippen LogP contribution in [0.15, 0.2) is 30.3 Å². The van der Waals surface area contributed by atoms with Gasteiger partial charge in [0.25, 0.3) is 0 Å². The van der Waals surface area contributed by atoms with E-state index >= 15 is 0 Å². The van der Waals surface area contributed by atoms with Crippen LogP contribution in [0.25, 0.3) is 0 Å². The van der Waals surface area contributed by atoms with Crippen LogP contribution < -0.4 is 5.32 Å². The molecule has 1 N–H and O–H groups in total. The summed E-state index contributed by atoms with van der Waals surface area (Å²) in [6.45, 7) is 4.85. The monoisotopic (exact) mass is 270 g/mol. The first-order valence-electron chi connectivity index (χ1n) is 8.28. The Balaban J connectivity index is 1.63. The van der Waals surface area contributed by atoms with E-state index in [-0.39, 0.29) is 0 Å². The molecule has 3 fully saturated rings. The smallest absolute Gasteiger partial charge is 0.0479 e. The molecule has 2 nitrogen and oxygen atoms in total. The minimum atomic E-state index is 0.427. The zero-order chi connectivity index (χ0) is 13.6. The summed E-state index contributed by atoms with van der Waals surface area (Å²) in [6, 6.07) is 11.7. The number of nitrogens with zero attached hydrogens (tertiary/aromatic N) is 1. The molecule has 2 saturated carbocycles. The fraction of sp³-hybridized carbons (Fsp3) is 0.667. The average Bonchev–Trinajstić information content (AvgIpc) is 3.08. The van der Waals surface area contributed by atoms with Gasteiger partial charge >= 0.3 is 0 Å². The third-order valence-electron chi connectivity index (χ3n) is 5.93. The summed E-state index contributed by atoms with van der Waals surface area (Å²) in [6.07, 6.45) is 8.34. The van der Waals surface area contributed by atoms with Crippen molar-refractivity contribution in [3.8, 4) is 0 Å². The van der Waals surface area contributed by atoms with Crippen LogP contribution in [0, 0.1) is 0 Å². The van der Waals surface area contributed by atoms with Gasteiger partial charge < -0.3 is 5.32 Å². The number of hydrogen-bond donors (Lipinski definition) is 1. The molecule has 4 rings (SSSR count). The predicted octanol–water partition coefficient (Wildman–Crippen LogP) is 3.50. The molecule has 0 radical (unpaired) electrons. The van der Waals surface area contributed by atoms with Gasteiger partial charge in [-0.25, -0.2) is 0 Å². The topological polar surface area (TPSA) is 15.3 Å². The molecule has 2 heteroatoms. The molecule has 1 unspecified atom stereocenters. The summed E-state index contributed by atoms with van der Waals surface area (Å²) in [7, 11) is 0. The first-order valence-corrected chi connectivity index (χ1v) is 8.28. The first kappa shape index (κ1) is 12.8. The van der Waals surface area contributed by atoms with Crippen molar-refractivity contribution >= 4 is 0 Å². The maximum atomic E-state index is 3.93. The first-order chi connectivity index (χ1) is 9.71. The lowest BCUT2D eigenvalue weighted by Gasteiger charge is -2.49. The summed E-state index contributed by atoms with van der Waals surface area (Å²) in [5, 5.41) is 3.93. The molecule has 1 heterocycles. The van der Waals surface area contributed by atoms with Gasteiger partial charge in [-0.3, -0.25) is 4.90 Å². The average molecular weight is 270 g/mol. The second-order valence-electron chi connectivity index (χ2n) is 7.42. The van der Waals surface area contributed by atoms with Gasteiger partial charge in [-0.1, -0.05) is 43.2 Å². The van der Waals surface area contributed by atoms with E-state index in [1.165, 1.54) is 50.6 Å². The molecule has 108 valence electrons. The van der Waals surface area contributed by atoms with Crippen molar-refractivity contribution in [2.75, 3.05) is 13.1 Å². The maximum Gasteiger partial charge on any atom is 0.0479 e. The van der Waals surface area contributed by atoms with Crippen LogP contribution in [0.5, 0.6) is 0 Å². The van der Waals surface area contributed by atoms with E-state index in [1.807, 2.05) is 0 Å². The quantitative estimate of drug-likeness (QED) is 0.885. The number of benzene rings is 1. The maximum absolute atomic E-state index is 3.93. The Bertz CT molecular complexity index is 471. The Morgan fingerprint density at radius 3 is 2.40 bits per heavy atom. The highest BCUT2D eigenvalue weighted by Gasteiger charge is 2.52. The van der Waals surface area contributed by atoms with Gasteiger partial charge in [0.05, 0.1) is 0 Å². The highest BCUT2D eigenvalue weighted by atomic mass is 15.3. The zero-order valence-corrected chi connectivity index (χ0v) is 12.6. The highest BCUT2D eigenvalue weighted by molar-refractivity contribution is 5.23. The standard InChI is InChI=1S/C18H26N2/c1-17(11-12-17)20-14-18(9-5-6-10-18)19-13-16(20)15-7-3-2-4-8-15/h2-4,7-8,16,19H,5-6,9-14H2,1H3. The van der Waals surface area contributed by atoms with Gasteiger partial charge in [-0.15, -0.1) is 0 Å². The Morgan fingerprint density at radius 2 is 1.75 bits per heavy atom. The molecule has 1 spiro atoms. The van der Waals surface area contributed by atoms with Crippen LogP contribution in [0.2, 0.25) is 0 Å². The highest BCUT2D eigenvalue weighted by Crippen LogP contribution is 2.49. The van der Waals surface area contributed by atoms with Crippen molar-refractivity contribution in [3.05, 3.63) is 35.9 Å². The second kappa shape index (κ2) is 4.57. The number of piperazine rings is 1. The van der Waals surface area contributed by atoms with E-state index in [9.17, 15) is 0 Å². The minimum Gasteiger partial charge on any atom is -0.308 e. The molecular weight excluding hydrogens is 244 g/mol. The van der Waals surface area contributed by atoms with E-state index in [2.05, 4.69) is 47.5 Å². The predicted molar refractivity (Wildman–Crippen MR) is 82.7 cm³/mol. The zero-order valence-electron chi connectivity index (χ0n) is 12.6. The summed E-state index contributed by atoms with van der Waals surface area (Å²) in [5.41, 5.74) is 2.38. The van der Waals surface area contributed by atoms with Crippen LogP contribution in [0.1, 0.15) is 57.1 Å². The fourth-order valence-corrected chi connectivity index (χ4v) is 4.31.